The van der Waals surface area contributed by atoms with E-state index in [4.69, 9.17) is 13.9 Å². The molecule has 1 aromatic heterocycles. The average Bonchev–Trinajstić information content (AvgIpc) is 3.00. The lowest BCUT2D eigenvalue weighted by molar-refractivity contribution is -0.122. The van der Waals surface area contributed by atoms with Crippen molar-refractivity contribution in [1.29, 1.82) is 0 Å². The molecule has 23 heavy (non-hydrogen) atoms. The van der Waals surface area contributed by atoms with E-state index in [0.717, 1.165) is 5.76 Å². The van der Waals surface area contributed by atoms with Crippen LogP contribution in [0.3, 0.4) is 0 Å². The van der Waals surface area contributed by atoms with Crippen molar-refractivity contribution in [3.05, 3.63) is 42.1 Å². The Morgan fingerprint density at radius 1 is 1.17 bits per heavy atom. The molecule has 0 aliphatic rings. The highest BCUT2D eigenvalue weighted by Gasteiger charge is 2.19. The zero-order valence-electron chi connectivity index (χ0n) is 13.9. The average molecular weight is 318 g/mol. The maximum absolute atomic E-state index is 11.1. The van der Waals surface area contributed by atoms with E-state index >= 15 is 0 Å². The van der Waals surface area contributed by atoms with E-state index < -0.39 is 0 Å². The van der Waals surface area contributed by atoms with Crippen LogP contribution in [0.5, 0.6) is 11.5 Å². The molecule has 1 amide bonds. The Balaban J connectivity index is 1.86. The Morgan fingerprint density at radius 2 is 1.78 bits per heavy atom. The van der Waals surface area contributed by atoms with E-state index in [-0.39, 0.29) is 24.5 Å². The molecule has 0 unspecified atom stereocenters. The lowest BCUT2D eigenvalue weighted by Crippen LogP contribution is -2.24. The zero-order chi connectivity index (χ0) is 16.9. The Hall–Kier alpha value is -2.50. The van der Waals surface area contributed by atoms with Crippen LogP contribution in [0.4, 0.5) is 0 Å². The summed E-state index contributed by atoms with van der Waals surface area (Å²) in [6, 6.07) is 7.03. The minimum atomic E-state index is -0.177. The second-order valence-corrected chi connectivity index (χ2v) is 6.09. The number of carbonyl (C=O) groups is 1. The fourth-order valence-corrected chi connectivity index (χ4v) is 1.72. The first-order chi connectivity index (χ1) is 10.9. The van der Waals surface area contributed by atoms with Crippen LogP contribution in [0.25, 0.3) is 0 Å². The van der Waals surface area contributed by atoms with Crippen molar-refractivity contribution in [2.24, 2.45) is 0 Å². The van der Waals surface area contributed by atoms with Crippen LogP contribution < -0.4 is 14.8 Å². The van der Waals surface area contributed by atoms with Gasteiger partial charge in [0.05, 0.1) is 6.20 Å². The first-order valence-electron chi connectivity index (χ1n) is 7.40. The van der Waals surface area contributed by atoms with Gasteiger partial charge in [0, 0.05) is 12.5 Å². The van der Waals surface area contributed by atoms with Crippen LogP contribution >= 0.6 is 0 Å². The van der Waals surface area contributed by atoms with E-state index in [9.17, 15) is 4.79 Å². The smallest absolute Gasteiger partial charge is 0.257 e. The van der Waals surface area contributed by atoms with Gasteiger partial charge < -0.3 is 19.2 Å². The Labute approximate surface area is 135 Å². The molecule has 1 heterocycles. The number of nitrogens with one attached hydrogen (secondary N) is 1. The number of carbonyl (C=O) groups excluding carboxylic acids is 1. The molecule has 0 radical (unpaired) electrons. The molecule has 1 N–H and O–H groups in total. The lowest BCUT2D eigenvalue weighted by Gasteiger charge is -2.13. The Kier molecular flexibility index (Phi) is 5.26. The molecule has 0 saturated heterocycles. The number of likely N-dealkylation sites (N-methyl/N-ethyl adjacent to an activating group) is 1. The summed E-state index contributed by atoms with van der Waals surface area (Å²) in [6.07, 6.45) is 1.73. The highest BCUT2D eigenvalue weighted by Crippen LogP contribution is 2.23. The molecule has 0 fully saturated rings. The summed E-state index contributed by atoms with van der Waals surface area (Å²) in [7, 11) is 1.57. The maximum Gasteiger partial charge on any atom is 0.257 e. The van der Waals surface area contributed by atoms with E-state index in [1.165, 1.54) is 0 Å². The summed E-state index contributed by atoms with van der Waals surface area (Å²) in [5.74, 6) is 2.47. The van der Waals surface area contributed by atoms with Gasteiger partial charge in [-0.25, -0.2) is 4.98 Å². The van der Waals surface area contributed by atoms with Gasteiger partial charge in [-0.1, -0.05) is 20.8 Å². The number of oxazole rings is 1. The molecule has 0 aliphatic heterocycles. The third kappa shape index (κ3) is 5.02. The van der Waals surface area contributed by atoms with E-state index in [2.05, 4.69) is 31.1 Å². The van der Waals surface area contributed by atoms with Crippen molar-refractivity contribution >= 4 is 5.91 Å². The maximum atomic E-state index is 11.1. The van der Waals surface area contributed by atoms with Crippen molar-refractivity contribution in [3.63, 3.8) is 0 Å². The zero-order valence-corrected chi connectivity index (χ0v) is 13.9. The minimum Gasteiger partial charge on any atom is -0.484 e. The second kappa shape index (κ2) is 7.17. The highest BCUT2D eigenvalue weighted by molar-refractivity contribution is 5.77. The molecule has 124 valence electrons. The quantitative estimate of drug-likeness (QED) is 0.886. The molecule has 0 saturated carbocycles. The molecule has 0 aliphatic carbocycles. The van der Waals surface area contributed by atoms with E-state index in [1.54, 1.807) is 37.5 Å². The van der Waals surface area contributed by atoms with Crippen LogP contribution in [0.15, 0.2) is 34.9 Å². The van der Waals surface area contributed by atoms with Gasteiger partial charge in [0.15, 0.2) is 13.2 Å². The monoisotopic (exact) mass is 318 g/mol. The summed E-state index contributed by atoms with van der Waals surface area (Å²) in [5.41, 5.74) is -0.0744. The summed E-state index contributed by atoms with van der Waals surface area (Å²) in [5, 5.41) is 2.49. The van der Waals surface area contributed by atoms with Crippen LogP contribution in [0.2, 0.25) is 0 Å². The van der Waals surface area contributed by atoms with Gasteiger partial charge in [-0.3, -0.25) is 4.79 Å². The number of rotatable bonds is 6. The summed E-state index contributed by atoms with van der Waals surface area (Å²) in [6.45, 7) is 6.44. The van der Waals surface area contributed by atoms with Gasteiger partial charge in [-0.15, -0.1) is 0 Å². The minimum absolute atomic E-state index is 0.0113. The topological polar surface area (TPSA) is 73.6 Å². The summed E-state index contributed by atoms with van der Waals surface area (Å²) in [4.78, 5) is 15.3. The van der Waals surface area contributed by atoms with Crippen molar-refractivity contribution in [2.75, 3.05) is 13.7 Å². The third-order valence-electron chi connectivity index (χ3n) is 3.13. The predicted octanol–water partition coefficient (Wildman–Crippen LogP) is 2.68. The summed E-state index contributed by atoms with van der Waals surface area (Å²) >= 11 is 0. The standard InChI is InChI=1S/C17H22N2O4/c1-17(2,3)14-9-19-16(23-14)11-22-13-7-5-12(6-8-13)21-10-15(20)18-4/h5-9H,10-11H2,1-4H3,(H,18,20). The molecule has 1 aromatic carbocycles. The number of ether oxygens (including phenoxy) is 2. The van der Waals surface area contributed by atoms with Crippen molar-refractivity contribution in [1.82, 2.24) is 10.3 Å². The number of hydrogen-bond donors (Lipinski definition) is 1. The molecule has 0 spiro atoms. The van der Waals surface area contributed by atoms with Crippen LogP contribution in [0.1, 0.15) is 32.4 Å². The van der Waals surface area contributed by atoms with E-state index in [0.29, 0.717) is 17.4 Å². The molecule has 2 rings (SSSR count). The van der Waals surface area contributed by atoms with Gasteiger partial charge in [0.25, 0.3) is 5.91 Å². The first kappa shape index (κ1) is 16.9. The Morgan fingerprint density at radius 3 is 2.30 bits per heavy atom. The van der Waals surface area contributed by atoms with Gasteiger partial charge in [-0.05, 0) is 24.3 Å². The Bertz CT molecular complexity index is 641. The lowest BCUT2D eigenvalue weighted by atomic mass is 9.94. The number of benzene rings is 1. The predicted molar refractivity (Wildman–Crippen MR) is 85.5 cm³/mol. The molecule has 2 aromatic rings. The third-order valence-corrected chi connectivity index (χ3v) is 3.13. The SMILES string of the molecule is CNC(=O)COc1ccc(OCc2ncc(C(C)(C)C)o2)cc1. The number of nitrogens with zero attached hydrogens (tertiary/aromatic N) is 1. The molecular weight excluding hydrogens is 296 g/mol. The molecular formula is C17H22N2O4. The normalized spacial score (nSPS) is 11.1. The number of hydrogen-bond acceptors (Lipinski definition) is 5. The molecule has 0 bridgehead atoms. The molecule has 0 atom stereocenters. The van der Waals surface area contributed by atoms with E-state index in [1.807, 2.05) is 0 Å². The van der Waals surface area contributed by atoms with Crippen molar-refractivity contribution in [3.8, 4) is 11.5 Å². The summed E-state index contributed by atoms with van der Waals surface area (Å²) < 4.78 is 16.6. The number of aromatic nitrogens is 1. The van der Waals surface area contributed by atoms with Crippen LogP contribution in [-0.4, -0.2) is 24.5 Å². The van der Waals surface area contributed by atoms with Crippen molar-refractivity contribution in [2.45, 2.75) is 32.8 Å². The van der Waals surface area contributed by atoms with Crippen molar-refractivity contribution < 1.29 is 18.7 Å². The van der Waals surface area contributed by atoms with Gasteiger partial charge in [0.1, 0.15) is 17.3 Å². The molecule has 6 heteroatoms. The molecule has 6 nitrogen and oxygen atoms in total. The fraction of sp³-hybridized carbons (Fsp3) is 0.412. The second-order valence-electron chi connectivity index (χ2n) is 6.09. The largest absolute Gasteiger partial charge is 0.484 e. The number of amides is 1. The van der Waals surface area contributed by atoms with Crippen LogP contribution in [0, 0.1) is 0 Å². The van der Waals surface area contributed by atoms with Gasteiger partial charge in [0.2, 0.25) is 5.89 Å². The van der Waals surface area contributed by atoms with Gasteiger partial charge in [-0.2, -0.15) is 0 Å². The highest BCUT2D eigenvalue weighted by atomic mass is 16.5. The van der Waals surface area contributed by atoms with Crippen LogP contribution in [-0.2, 0) is 16.8 Å². The first-order valence-corrected chi connectivity index (χ1v) is 7.40. The van der Waals surface area contributed by atoms with Gasteiger partial charge >= 0.3 is 0 Å². The fourth-order valence-electron chi connectivity index (χ4n) is 1.72.